The van der Waals surface area contributed by atoms with E-state index in [9.17, 15) is 9.59 Å². The Hall–Kier alpha value is -3.08. The van der Waals surface area contributed by atoms with Crippen molar-refractivity contribution in [3.8, 4) is 11.5 Å². The first kappa shape index (κ1) is 15.4. The summed E-state index contributed by atoms with van der Waals surface area (Å²) in [5, 5.41) is 0.757. The van der Waals surface area contributed by atoms with Gasteiger partial charge in [-0.25, -0.2) is 0 Å². The van der Waals surface area contributed by atoms with Gasteiger partial charge < -0.3 is 14.0 Å². The maximum Gasteiger partial charge on any atom is 0.312 e. The molecule has 1 aliphatic rings. The standard InChI is InChI=1S/C20H17NO4/c1-21-15-9-5-3-8-13(15)19-18(20(21)23)14(11-17(22)25-19)12-7-4-6-10-16(12)24-2/h3-10,14H,11H2,1-2H3. The molecule has 3 aromatic rings. The maximum absolute atomic E-state index is 13.0. The Morgan fingerprint density at radius 1 is 1.08 bits per heavy atom. The first-order valence-electron chi connectivity index (χ1n) is 8.07. The summed E-state index contributed by atoms with van der Waals surface area (Å²) >= 11 is 0. The average Bonchev–Trinajstić information content (AvgIpc) is 2.65. The van der Waals surface area contributed by atoms with Gasteiger partial charge in [-0.2, -0.15) is 0 Å². The van der Waals surface area contributed by atoms with Crippen molar-refractivity contribution < 1.29 is 14.3 Å². The fourth-order valence-electron chi connectivity index (χ4n) is 3.55. The van der Waals surface area contributed by atoms with Gasteiger partial charge in [0.05, 0.1) is 24.6 Å². The molecule has 0 N–H and O–H groups in total. The molecular weight excluding hydrogens is 318 g/mol. The maximum atomic E-state index is 13.0. The van der Waals surface area contributed by atoms with Crippen LogP contribution in [0.1, 0.15) is 23.5 Å². The number of hydrogen-bond acceptors (Lipinski definition) is 4. The van der Waals surface area contributed by atoms with Crippen LogP contribution >= 0.6 is 0 Å². The number of carbonyl (C=O) groups is 1. The van der Waals surface area contributed by atoms with Gasteiger partial charge >= 0.3 is 5.97 Å². The highest BCUT2D eigenvalue weighted by molar-refractivity contribution is 5.91. The van der Waals surface area contributed by atoms with E-state index in [-0.39, 0.29) is 17.9 Å². The molecule has 0 spiro atoms. The first-order chi connectivity index (χ1) is 12.1. The highest BCUT2D eigenvalue weighted by Crippen LogP contribution is 2.42. The Bertz CT molecular complexity index is 1050. The van der Waals surface area contributed by atoms with Crippen LogP contribution in [0.3, 0.4) is 0 Å². The third kappa shape index (κ3) is 2.31. The Morgan fingerprint density at radius 2 is 1.80 bits per heavy atom. The lowest BCUT2D eigenvalue weighted by atomic mass is 9.85. The zero-order chi connectivity index (χ0) is 17.6. The van der Waals surface area contributed by atoms with Crippen molar-refractivity contribution in [3.05, 3.63) is 70.0 Å². The summed E-state index contributed by atoms with van der Waals surface area (Å²) in [5.41, 5.74) is 1.90. The number of aromatic nitrogens is 1. The minimum atomic E-state index is -0.393. The van der Waals surface area contributed by atoms with Gasteiger partial charge in [0.25, 0.3) is 5.56 Å². The number of aryl methyl sites for hydroxylation is 1. The molecule has 1 aromatic heterocycles. The molecule has 5 heteroatoms. The van der Waals surface area contributed by atoms with Crippen LogP contribution < -0.4 is 15.0 Å². The number of methoxy groups -OCH3 is 1. The van der Waals surface area contributed by atoms with E-state index in [1.54, 1.807) is 18.7 Å². The van der Waals surface area contributed by atoms with Gasteiger partial charge in [-0.1, -0.05) is 30.3 Å². The summed E-state index contributed by atoms with van der Waals surface area (Å²) in [6.45, 7) is 0. The van der Waals surface area contributed by atoms with Crippen LogP contribution in [0, 0.1) is 0 Å². The SMILES string of the molecule is COc1ccccc1C1CC(=O)Oc2c1c(=O)n(C)c1ccccc21. The zero-order valence-electron chi connectivity index (χ0n) is 14.0. The van der Waals surface area contributed by atoms with E-state index in [0.29, 0.717) is 17.1 Å². The predicted octanol–water partition coefficient (Wildman–Crippen LogP) is 2.99. The molecule has 25 heavy (non-hydrogen) atoms. The monoisotopic (exact) mass is 335 g/mol. The average molecular weight is 335 g/mol. The quantitative estimate of drug-likeness (QED) is 0.676. The van der Waals surface area contributed by atoms with E-state index < -0.39 is 5.92 Å². The molecule has 0 fully saturated rings. The summed E-state index contributed by atoms with van der Waals surface area (Å²) in [6, 6.07) is 14.9. The molecule has 2 aromatic carbocycles. The second-order valence-electron chi connectivity index (χ2n) is 6.10. The number of para-hydroxylation sites is 2. The lowest BCUT2D eigenvalue weighted by Crippen LogP contribution is -2.31. The van der Waals surface area contributed by atoms with Crippen LogP contribution in [0.15, 0.2) is 53.3 Å². The second-order valence-corrected chi connectivity index (χ2v) is 6.10. The van der Waals surface area contributed by atoms with Crippen LogP contribution in [0.4, 0.5) is 0 Å². The predicted molar refractivity (Wildman–Crippen MR) is 94.3 cm³/mol. The van der Waals surface area contributed by atoms with Crippen molar-refractivity contribution in [2.75, 3.05) is 7.11 Å². The Kier molecular flexibility index (Phi) is 3.57. The smallest absolute Gasteiger partial charge is 0.312 e. The van der Waals surface area contributed by atoms with Crippen LogP contribution in [-0.2, 0) is 11.8 Å². The minimum absolute atomic E-state index is 0.112. The topological polar surface area (TPSA) is 57.5 Å². The Labute approximate surface area is 144 Å². The van der Waals surface area contributed by atoms with Gasteiger partial charge in [-0.3, -0.25) is 9.59 Å². The fourth-order valence-corrected chi connectivity index (χ4v) is 3.55. The summed E-state index contributed by atoms with van der Waals surface area (Å²) < 4.78 is 12.6. The van der Waals surface area contributed by atoms with Gasteiger partial charge in [-0.05, 0) is 18.2 Å². The molecule has 1 aliphatic heterocycles. The summed E-state index contributed by atoms with van der Waals surface area (Å²) in [7, 11) is 3.32. The second kappa shape index (κ2) is 5.77. The van der Waals surface area contributed by atoms with Crippen molar-refractivity contribution in [1.29, 1.82) is 0 Å². The van der Waals surface area contributed by atoms with Gasteiger partial charge in [0.1, 0.15) is 11.5 Å². The molecule has 0 aliphatic carbocycles. The van der Waals surface area contributed by atoms with Crippen molar-refractivity contribution in [3.63, 3.8) is 0 Å². The first-order valence-corrected chi connectivity index (χ1v) is 8.07. The molecular formula is C20H17NO4. The molecule has 2 heterocycles. The number of pyridine rings is 1. The van der Waals surface area contributed by atoms with Gasteiger partial charge in [0.2, 0.25) is 0 Å². The van der Waals surface area contributed by atoms with E-state index >= 15 is 0 Å². The number of fused-ring (bicyclic) bond motifs is 3. The number of rotatable bonds is 2. The number of hydrogen-bond donors (Lipinski definition) is 0. The highest BCUT2D eigenvalue weighted by atomic mass is 16.5. The summed E-state index contributed by atoms with van der Waals surface area (Å²) in [4.78, 5) is 25.3. The van der Waals surface area contributed by atoms with E-state index in [0.717, 1.165) is 16.5 Å². The summed E-state index contributed by atoms with van der Waals surface area (Å²) in [6.07, 6.45) is 0.112. The van der Waals surface area contributed by atoms with Crippen LogP contribution in [0.2, 0.25) is 0 Å². The van der Waals surface area contributed by atoms with Crippen LogP contribution in [-0.4, -0.2) is 17.6 Å². The van der Waals surface area contributed by atoms with Crippen LogP contribution in [0.5, 0.6) is 11.5 Å². The number of esters is 1. The minimum Gasteiger partial charge on any atom is -0.496 e. The molecule has 1 atom stereocenters. The third-order valence-corrected chi connectivity index (χ3v) is 4.74. The van der Waals surface area contributed by atoms with Crippen molar-refractivity contribution in [2.45, 2.75) is 12.3 Å². The Morgan fingerprint density at radius 3 is 2.60 bits per heavy atom. The number of ether oxygens (including phenoxy) is 2. The molecule has 1 unspecified atom stereocenters. The van der Waals surface area contributed by atoms with E-state index in [1.807, 2.05) is 48.5 Å². The third-order valence-electron chi connectivity index (χ3n) is 4.74. The zero-order valence-corrected chi connectivity index (χ0v) is 14.0. The molecule has 0 saturated carbocycles. The van der Waals surface area contributed by atoms with E-state index in [2.05, 4.69) is 0 Å². The number of carbonyl (C=O) groups excluding carboxylic acids is 1. The molecule has 0 radical (unpaired) electrons. The normalized spacial score (nSPS) is 16.4. The molecule has 5 nitrogen and oxygen atoms in total. The number of nitrogens with zero attached hydrogens (tertiary/aromatic N) is 1. The van der Waals surface area contributed by atoms with Crippen molar-refractivity contribution in [2.24, 2.45) is 7.05 Å². The molecule has 4 rings (SSSR count). The Balaban J connectivity index is 2.07. The highest BCUT2D eigenvalue weighted by Gasteiger charge is 2.34. The fraction of sp³-hybridized carbons (Fsp3) is 0.200. The van der Waals surface area contributed by atoms with Gasteiger partial charge in [0, 0.05) is 23.9 Å². The number of benzene rings is 2. The van der Waals surface area contributed by atoms with Crippen LogP contribution in [0.25, 0.3) is 10.9 Å². The molecule has 0 bridgehead atoms. The molecule has 0 amide bonds. The lowest BCUT2D eigenvalue weighted by molar-refractivity contribution is -0.135. The van der Waals surface area contributed by atoms with Gasteiger partial charge in [-0.15, -0.1) is 0 Å². The molecule has 0 saturated heterocycles. The molecule has 126 valence electrons. The van der Waals surface area contributed by atoms with Crippen molar-refractivity contribution in [1.82, 2.24) is 4.57 Å². The lowest BCUT2D eigenvalue weighted by Gasteiger charge is -2.27. The van der Waals surface area contributed by atoms with E-state index in [1.165, 1.54) is 0 Å². The van der Waals surface area contributed by atoms with Crippen molar-refractivity contribution >= 4 is 16.9 Å². The summed E-state index contributed by atoms with van der Waals surface area (Å²) in [5.74, 6) is 0.284. The van der Waals surface area contributed by atoms with Gasteiger partial charge in [0.15, 0.2) is 0 Å². The largest absolute Gasteiger partial charge is 0.496 e. The van der Waals surface area contributed by atoms with E-state index in [4.69, 9.17) is 9.47 Å².